The lowest BCUT2D eigenvalue weighted by Gasteiger charge is -2.16. The molecule has 0 radical (unpaired) electrons. The summed E-state index contributed by atoms with van der Waals surface area (Å²) in [6, 6.07) is 0. The topological polar surface area (TPSA) is 47.2 Å². The van der Waals surface area contributed by atoms with Crippen molar-refractivity contribution in [3.63, 3.8) is 0 Å². The molecule has 0 bridgehead atoms. The fourth-order valence-corrected chi connectivity index (χ4v) is 2.07. The first-order valence-electron chi connectivity index (χ1n) is 4.71. The first-order valence-corrected chi connectivity index (χ1v) is 4.71. The highest BCUT2D eigenvalue weighted by atomic mass is 16.3. The summed E-state index contributed by atoms with van der Waals surface area (Å²) in [6.45, 7) is 0. The van der Waals surface area contributed by atoms with E-state index < -0.39 is 0 Å². The zero-order valence-electron chi connectivity index (χ0n) is 7.47. The molecule has 1 aromatic heterocycles. The minimum atomic E-state index is -0.231. The molecular formula is C9H13N3O. The normalized spacial score (nSPS) is 20.3. The van der Waals surface area contributed by atoms with Crippen LogP contribution in [0.25, 0.3) is 0 Å². The Labute approximate surface area is 76.9 Å². The second-order valence-electron chi connectivity index (χ2n) is 3.57. The molecule has 1 aliphatic carbocycles. The molecule has 4 heteroatoms. The molecule has 0 amide bonds. The van der Waals surface area contributed by atoms with Crippen LogP contribution in [0.4, 0.5) is 0 Å². The van der Waals surface area contributed by atoms with Gasteiger partial charge in [0.2, 0.25) is 0 Å². The summed E-state index contributed by atoms with van der Waals surface area (Å²) in [5, 5.41) is 3.19. The van der Waals surface area contributed by atoms with Crippen LogP contribution in [-0.2, 0) is 0 Å². The first kappa shape index (κ1) is 8.41. The van der Waals surface area contributed by atoms with E-state index in [4.69, 9.17) is 0 Å². The van der Waals surface area contributed by atoms with Crippen molar-refractivity contribution in [1.82, 2.24) is 9.55 Å². The van der Waals surface area contributed by atoms with E-state index in [-0.39, 0.29) is 6.17 Å². The SMILES string of the molecule is O=NC(C1CCCC1)n1ccnc1. The fourth-order valence-electron chi connectivity index (χ4n) is 2.07. The van der Waals surface area contributed by atoms with Crippen LogP contribution < -0.4 is 0 Å². The van der Waals surface area contributed by atoms with Crippen LogP contribution in [0.3, 0.4) is 0 Å². The van der Waals surface area contributed by atoms with Crippen molar-refractivity contribution in [3.05, 3.63) is 23.6 Å². The summed E-state index contributed by atoms with van der Waals surface area (Å²) in [6.07, 6.45) is 9.63. The van der Waals surface area contributed by atoms with Crippen LogP contribution >= 0.6 is 0 Å². The van der Waals surface area contributed by atoms with Crippen LogP contribution in [0.5, 0.6) is 0 Å². The lowest BCUT2D eigenvalue weighted by atomic mass is 10.1. The van der Waals surface area contributed by atoms with Gasteiger partial charge in [0.25, 0.3) is 0 Å². The van der Waals surface area contributed by atoms with Crippen LogP contribution in [0, 0.1) is 10.8 Å². The Balaban J connectivity index is 2.13. The molecular weight excluding hydrogens is 166 g/mol. The Bertz CT molecular complexity index is 264. The van der Waals surface area contributed by atoms with E-state index in [2.05, 4.69) is 10.2 Å². The molecule has 70 valence electrons. The fraction of sp³-hybridized carbons (Fsp3) is 0.667. The van der Waals surface area contributed by atoms with Crippen molar-refractivity contribution >= 4 is 0 Å². The van der Waals surface area contributed by atoms with E-state index in [0.29, 0.717) is 5.92 Å². The average Bonchev–Trinajstić information content (AvgIpc) is 2.76. The minimum absolute atomic E-state index is 0.231. The van der Waals surface area contributed by atoms with Crippen molar-refractivity contribution < 1.29 is 0 Å². The third kappa shape index (κ3) is 1.61. The zero-order valence-corrected chi connectivity index (χ0v) is 7.47. The molecule has 2 rings (SSSR count). The maximum Gasteiger partial charge on any atom is 0.170 e. The molecule has 0 spiro atoms. The van der Waals surface area contributed by atoms with E-state index in [1.807, 2.05) is 10.8 Å². The molecule has 1 unspecified atom stereocenters. The molecule has 0 aliphatic heterocycles. The molecule has 1 aliphatic rings. The van der Waals surface area contributed by atoms with Crippen molar-refractivity contribution in [3.8, 4) is 0 Å². The third-order valence-electron chi connectivity index (χ3n) is 2.76. The summed E-state index contributed by atoms with van der Waals surface area (Å²) in [7, 11) is 0. The summed E-state index contributed by atoms with van der Waals surface area (Å²) in [5.41, 5.74) is 0. The van der Waals surface area contributed by atoms with Gasteiger partial charge in [-0.15, -0.1) is 4.91 Å². The Kier molecular flexibility index (Phi) is 2.38. The third-order valence-corrected chi connectivity index (χ3v) is 2.76. The van der Waals surface area contributed by atoms with Crippen molar-refractivity contribution in [2.75, 3.05) is 0 Å². The van der Waals surface area contributed by atoms with E-state index >= 15 is 0 Å². The highest BCUT2D eigenvalue weighted by molar-refractivity contribution is 4.84. The number of imidazole rings is 1. The van der Waals surface area contributed by atoms with Crippen molar-refractivity contribution in [2.24, 2.45) is 11.1 Å². The monoisotopic (exact) mass is 179 g/mol. The van der Waals surface area contributed by atoms with Crippen LogP contribution in [0.1, 0.15) is 31.8 Å². The second kappa shape index (κ2) is 3.68. The molecule has 1 atom stereocenters. The highest BCUT2D eigenvalue weighted by Gasteiger charge is 2.26. The second-order valence-corrected chi connectivity index (χ2v) is 3.57. The summed E-state index contributed by atoms with van der Waals surface area (Å²) in [4.78, 5) is 14.6. The van der Waals surface area contributed by atoms with Crippen LogP contribution in [-0.4, -0.2) is 9.55 Å². The maximum atomic E-state index is 10.7. The average molecular weight is 179 g/mol. The summed E-state index contributed by atoms with van der Waals surface area (Å²) >= 11 is 0. The van der Waals surface area contributed by atoms with E-state index in [1.165, 1.54) is 12.8 Å². The quantitative estimate of drug-likeness (QED) is 0.668. The minimum Gasteiger partial charge on any atom is -0.311 e. The largest absolute Gasteiger partial charge is 0.311 e. The van der Waals surface area contributed by atoms with Gasteiger partial charge in [-0.3, -0.25) is 0 Å². The molecule has 0 N–H and O–H groups in total. The van der Waals surface area contributed by atoms with Crippen molar-refractivity contribution in [1.29, 1.82) is 0 Å². The van der Waals surface area contributed by atoms with Gasteiger partial charge in [-0.25, -0.2) is 4.98 Å². The molecule has 1 saturated carbocycles. The first-order chi connectivity index (χ1) is 6.42. The molecule has 4 nitrogen and oxygen atoms in total. The van der Waals surface area contributed by atoms with Gasteiger partial charge in [-0.2, -0.15) is 0 Å². The predicted molar refractivity (Wildman–Crippen MR) is 49.0 cm³/mol. The van der Waals surface area contributed by atoms with Gasteiger partial charge in [-0.05, 0) is 18.0 Å². The Morgan fingerprint density at radius 3 is 2.77 bits per heavy atom. The number of hydrogen-bond donors (Lipinski definition) is 0. The van der Waals surface area contributed by atoms with Gasteiger partial charge in [0.1, 0.15) is 0 Å². The number of nitroso groups, excluding NO2 is 1. The Hall–Kier alpha value is -1.19. The Morgan fingerprint density at radius 1 is 1.46 bits per heavy atom. The van der Waals surface area contributed by atoms with E-state index in [0.717, 1.165) is 12.8 Å². The zero-order chi connectivity index (χ0) is 9.10. The molecule has 13 heavy (non-hydrogen) atoms. The molecule has 1 aromatic rings. The molecule has 0 aromatic carbocycles. The lowest BCUT2D eigenvalue weighted by Crippen LogP contribution is -2.13. The molecule has 1 heterocycles. The van der Waals surface area contributed by atoms with Crippen LogP contribution in [0.2, 0.25) is 0 Å². The predicted octanol–water partition coefficient (Wildman–Crippen LogP) is 2.34. The van der Waals surface area contributed by atoms with Gasteiger partial charge in [-0.1, -0.05) is 12.8 Å². The van der Waals surface area contributed by atoms with Gasteiger partial charge >= 0.3 is 0 Å². The van der Waals surface area contributed by atoms with Gasteiger partial charge in [0.05, 0.1) is 6.33 Å². The number of nitrogens with zero attached hydrogens (tertiary/aromatic N) is 3. The van der Waals surface area contributed by atoms with Gasteiger partial charge < -0.3 is 4.57 Å². The van der Waals surface area contributed by atoms with Crippen LogP contribution in [0.15, 0.2) is 23.9 Å². The van der Waals surface area contributed by atoms with Crippen molar-refractivity contribution in [2.45, 2.75) is 31.8 Å². The van der Waals surface area contributed by atoms with E-state index in [9.17, 15) is 4.91 Å². The van der Waals surface area contributed by atoms with E-state index in [1.54, 1.807) is 12.5 Å². The number of hydrogen-bond acceptors (Lipinski definition) is 3. The van der Waals surface area contributed by atoms with Gasteiger partial charge in [0.15, 0.2) is 6.17 Å². The number of aromatic nitrogens is 2. The maximum absolute atomic E-state index is 10.7. The molecule has 1 fully saturated rings. The number of rotatable bonds is 3. The smallest absolute Gasteiger partial charge is 0.170 e. The summed E-state index contributed by atoms with van der Waals surface area (Å²) in [5.74, 6) is 0.423. The van der Waals surface area contributed by atoms with Gasteiger partial charge in [0, 0.05) is 18.3 Å². The Morgan fingerprint density at radius 2 is 2.23 bits per heavy atom. The highest BCUT2D eigenvalue weighted by Crippen LogP contribution is 2.34. The standard InChI is InChI=1S/C9H13N3O/c13-11-9(8-3-1-2-4-8)12-6-5-10-7-12/h5-9H,1-4H2. The molecule has 0 saturated heterocycles. The lowest BCUT2D eigenvalue weighted by molar-refractivity contribution is 0.344. The summed E-state index contributed by atoms with van der Waals surface area (Å²) < 4.78 is 1.81.